The van der Waals surface area contributed by atoms with Crippen LogP contribution in [0.3, 0.4) is 0 Å². The van der Waals surface area contributed by atoms with E-state index in [4.69, 9.17) is 0 Å². The molecule has 0 fully saturated rings. The monoisotopic (exact) mass is 871 g/mol. The molecule has 5 rings (SSSR count). The summed E-state index contributed by atoms with van der Waals surface area (Å²) in [6, 6.07) is 12.1. The highest BCUT2D eigenvalue weighted by Crippen LogP contribution is 2.30. The summed E-state index contributed by atoms with van der Waals surface area (Å²) < 4.78 is 294. The zero-order chi connectivity index (χ0) is 44.9. The number of rotatable bonds is 8. The summed E-state index contributed by atoms with van der Waals surface area (Å²) in [6.45, 7) is 10.3. The number of quaternary nitrogens is 1. The van der Waals surface area contributed by atoms with Crippen molar-refractivity contribution in [2.75, 3.05) is 0 Å². The molecule has 0 unspecified atom stereocenters. The second-order valence-electron chi connectivity index (χ2n) is 13.3. The maximum Gasteiger partial charge on any atom is 0.200 e. The minimum Gasteiger partial charge on any atom is -0.327 e. The highest BCUT2D eigenvalue weighted by atomic mass is 19.2. The van der Waals surface area contributed by atoms with E-state index in [1.54, 1.807) is 4.90 Å². The quantitative estimate of drug-likeness (QED) is 0.0706. The molecule has 1 nitrogen and oxygen atoms in total. The maximum absolute atomic E-state index is 15.4. The molecule has 0 aromatic heterocycles. The van der Waals surface area contributed by atoms with Gasteiger partial charge in [-0.3, -0.25) is 0 Å². The Kier molecular flexibility index (Phi) is 13.5. The van der Waals surface area contributed by atoms with Crippen LogP contribution in [0.2, 0.25) is 0 Å². The summed E-state index contributed by atoms with van der Waals surface area (Å²) in [6.07, 6.45) is -7.22. The first kappa shape index (κ1) is 46.4. The van der Waals surface area contributed by atoms with Gasteiger partial charge in [0.05, 0.1) is 12.1 Å². The fourth-order valence-corrected chi connectivity index (χ4v) is 6.78. The lowest BCUT2D eigenvalue weighted by molar-refractivity contribution is -0.955. The Labute approximate surface area is 319 Å². The van der Waals surface area contributed by atoms with Crippen molar-refractivity contribution in [1.82, 2.24) is 0 Å². The largest absolute Gasteiger partial charge is 0.327 e. The molecule has 59 heavy (non-hydrogen) atoms. The van der Waals surface area contributed by atoms with E-state index >= 15 is 35.1 Å². The molecule has 0 saturated carbocycles. The molecule has 0 aliphatic heterocycles. The summed E-state index contributed by atoms with van der Waals surface area (Å²) in [5.41, 5.74) is -12.9. The molecule has 22 heteroatoms. The zero-order valence-electron chi connectivity index (χ0n) is 29.9. The van der Waals surface area contributed by atoms with E-state index in [0.717, 1.165) is 6.54 Å². The zero-order valence-corrected chi connectivity index (χ0v) is 29.9. The fraction of sp³-hybridized carbons (Fsp3) is 0.189. The van der Waals surface area contributed by atoms with Crippen LogP contribution in [0.5, 0.6) is 0 Å². The maximum atomic E-state index is 15.4. The Hall–Kier alpha value is -5.28. The molecule has 0 heterocycles. The molecule has 0 radical (unpaired) electrons. The average molecular weight is 871 g/mol. The smallest absolute Gasteiger partial charge is 0.200 e. The van der Waals surface area contributed by atoms with Gasteiger partial charge in [-0.25, -0.2) is 87.8 Å². The standard InChI is InChI=1S/C24BF20.C13H21N/c26-5-1(6(27)14(35)21(42)13(5)34)25(2-7(28)15(36)22(43)16(37)8(2)29,3-9(30)17(38)23(44)18(39)10(3)31)4-11(32)19(40)24(45)20(41)12(4)33;1-11(2)14(12(3)4)10-13-8-6-5-7-9-13/h;5-9,11-12H,10H2,1-4H3/q-1;/p+1. The van der Waals surface area contributed by atoms with E-state index in [1.807, 2.05) is 0 Å². The van der Waals surface area contributed by atoms with Crippen LogP contribution in [0.4, 0.5) is 87.8 Å². The van der Waals surface area contributed by atoms with Crippen molar-refractivity contribution in [2.24, 2.45) is 0 Å². The number of nitrogens with one attached hydrogen (secondary N) is 1. The van der Waals surface area contributed by atoms with Crippen molar-refractivity contribution < 1.29 is 92.7 Å². The molecule has 318 valence electrons. The Morgan fingerprint density at radius 2 is 0.508 bits per heavy atom. The first-order valence-corrected chi connectivity index (χ1v) is 16.4. The molecular formula is C37H22BF20N. The van der Waals surface area contributed by atoms with Crippen LogP contribution in [0.25, 0.3) is 0 Å². The number of hydrogen-bond acceptors (Lipinski definition) is 0. The summed E-state index contributed by atoms with van der Waals surface area (Å²) in [5.74, 6) is -71.4. The SMILES string of the molecule is CC(C)[NH+](Cc1ccccc1)C(C)C.Fc1c(F)c(F)c([B-](c2c(F)c(F)c(F)c(F)c2F)(c2c(F)c(F)c(F)c(F)c2F)c2c(F)c(F)c(F)c(F)c2F)c(F)c1F. The fourth-order valence-electron chi connectivity index (χ4n) is 6.78. The molecule has 0 bridgehead atoms. The molecule has 0 aliphatic rings. The van der Waals surface area contributed by atoms with Crippen LogP contribution < -0.4 is 26.8 Å². The summed E-state index contributed by atoms with van der Waals surface area (Å²) in [7, 11) is 0. The number of hydrogen-bond donors (Lipinski definition) is 1. The average Bonchev–Trinajstić information content (AvgIpc) is 3.20. The van der Waals surface area contributed by atoms with Crippen LogP contribution >= 0.6 is 0 Å². The van der Waals surface area contributed by atoms with Gasteiger partial charge in [-0.2, -0.15) is 0 Å². The van der Waals surface area contributed by atoms with Crippen LogP contribution in [0, 0.1) is 116 Å². The molecular weight excluding hydrogens is 849 g/mol. The van der Waals surface area contributed by atoms with Gasteiger partial charge in [-0.05, 0) is 27.7 Å². The van der Waals surface area contributed by atoms with E-state index in [9.17, 15) is 52.7 Å². The number of halogens is 20. The molecule has 0 spiro atoms. The lowest BCUT2D eigenvalue weighted by Crippen LogP contribution is -3.16. The predicted octanol–water partition coefficient (Wildman–Crippen LogP) is 7.73. The van der Waals surface area contributed by atoms with Gasteiger partial charge < -0.3 is 4.90 Å². The second-order valence-corrected chi connectivity index (χ2v) is 13.3. The first-order chi connectivity index (χ1) is 27.3. The normalized spacial score (nSPS) is 11.9. The van der Waals surface area contributed by atoms with Crippen LogP contribution in [-0.2, 0) is 6.54 Å². The molecule has 0 saturated heterocycles. The molecule has 0 aliphatic carbocycles. The second kappa shape index (κ2) is 17.1. The summed E-state index contributed by atoms with van der Waals surface area (Å²) in [4.78, 5) is 1.65. The predicted molar refractivity (Wildman–Crippen MR) is 171 cm³/mol. The van der Waals surface area contributed by atoms with Crippen molar-refractivity contribution in [2.45, 2.75) is 46.3 Å². The van der Waals surface area contributed by atoms with E-state index in [1.165, 1.54) is 5.56 Å². The Morgan fingerprint density at radius 1 is 0.322 bits per heavy atom. The van der Waals surface area contributed by atoms with Gasteiger partial charge in [-0.1, -0.05) is 30.3 Å². The van der Waals surface area contributed by atoms with Crippen LogP contribution in [0.15, 0.2) is 30.3 Å². The Balaban J connectivity index is 0.000000464. The van der Waals surface area contributed by atoms with Gasteiger partial charge in [0.25, 0.3) is 0 Å². The van der Waals surface area contributed by atoms with Crippen molar-refractivity contribution in [3.05, 3.63) is 152 Å². The summed E-state index contributed by atoms with van der Waals surface area (Å²) in [5, 5.41) is 0. The van der Waals surface area contributed by atoms with Gasteiger partial charge in [-0.15, -0.1) is 21.9 Å². The molecule has 0 atom stereocenters. The van der Waals surface area contributed by atoms with Gasteiger partial charge in [0.15, 0.2) is 69.8 Å². The third kappa shape index (κ3) is 7.47. The molecule has 1 N–H and O–H groups in total. The lowest BCUT2D eigenvalue weighted by Gasteiger charge is -2.44. The Bertz CT molecular complexity index is 2050. The van der Waals surface area contributed by atoms with Crippen LogP contribution in [-0.4, -0.2) is 18.2 Å². The Morgan fingerprint density at radius 3 is 0.695 bits per heavy atom. The lowest BCUT2D eigenvalue weighted by atomic mass is 9.12. The van der Waals surface area contributed by atoms with E-state index < -0.39 is 144 Å². The minimum absolute atomic E-state index is 0.690. The highest BCUT2D eigenvalue weighted by molar-refractivity contribution is 7.20. The van der Waals surface area contributed by atoms with E-state index in [2.05, 4.69) is 58.0 Å². The third-order valence-corrected chi connectivity index (χ3v) is 9.44. The topological polar surface area (TPSA) is 4.44 Å². The molecule has 0 amide bonds. The van der Waals surface area contributed by atoms with E-state index in [-0.39, 0.29) is 0 Å². The van der Waals surface area contributed by atoms with Crippen molar-refractivity contribution in [1.29, 1.82) is 0 Å². The third-order valence-electron chi connectivity index (χ3n) is 9.44. The van der Waals surface area contributed by atoms with Gasteiger partial charge in [0.1, 0.15) is 59.2 Å². The van der Waals surface area contributed by atoms with Gasteiger partial charge >= 0.3 is 0 Å². The van der Waals surface area contributed by atoms with Crippen molar-refractivity contribution in [3.8, 4) is 0 Å². The summed E-state index contributed by atoms with van der Waals surface area (Å²) >= 11 is 0. The van der Waals surface area contributed by atoms with Crippen molar-refractivity contribution in [3.63, 3.8) is 0 Å². The number of benzene rings is 5. The van der Waals surface area contributed by atoms with E-state index in [0.29, 0.717) is 12.1 Å². The van der Waals surface area contributed by atoms with Gasteiger partial charge in [0.2, 0.25) is 0 Å². The van der Waals surface area contributed by atoms with Crippen LogP contribution in [0.1, 0.15) is 33.3 Å². The first-order valence-electron chi connectivity index (χ1n) is 16.4. The van der Waals surface area contributed by atoms with Gasteiger partial charge in [0, 0.05) is 5.56 Å². The molecule has 5 aromatic rings. The highest BCUT2D eigenvalue weighted by Gasteiger charge is 2.52. The van der Waals surface area contributed by atoms with Crippen molar-refractivity contribution >= 4 is 28.0 Å². The molecule has 5 aromatic carbocycles. The minimum atomic E-state index is -7.22.